The van der Waals surface area contributed by atoms with Gasteiger partial charge in [0.05, 0.1) is 11.6 Å². The third kappa shape index (κ3) is 3.01. The first kappa shape index (κ1) is 16.2. The van der Waals surface area contributed by atoms with E-state index >= 15 is 0 Å². The van der Waals surface area contributed by atoms with Crippen LogP contribution in [0.1, 0.15) is 12.8 Å². The van der Waals surface area contributed by atoms with Gasteiger partial charge >= 0.3 is 0 Å². The molecule has 4 rings (SSSR count). The average molecular weight is 407 g/mol. The lowest BCUT2D eigenvalue weighted by Gasteiger charge is -2.29. The van der Waals surface area contributed by atoms with Crippen LogP contribution in [0.15, 0.2) is 53.0 Å². The Morgan fingerprint density at radius 1 is 1.17 bits per heavy atom. The number of benzene rings is 2. The summed E-state index contributed by atoms with van der Waals surface area (Å²) in [5.41, 5.74) is 1.24. The number of hydrogen-bond acceptors (Lipinski definition) is 4. The van der Waals surface area contributed by atoms with Gasteiger partial charge in [-0.3, -0.25) is 0 Å². The SMILES string of the molecule is COc1ccc(O[P@]2N(c3ccccc3)C[C@@H]3CCCN32)c(Br)c1. The molecule has 0 radical (unpaired) electrons. The maximum Gasteiger partial charge on any atom is 0.279 e. The fourth-order valence-corrected chi connectivity index (χ4v) is 6.14. The van der Waals surface area contributed by atoms with E-state index in [2.05, 4.69) is 55.6 Å². The van der Waals surface area contributed by atoms with Crippen LogP contribution in [0.2, 0.25) is 0 Å². The molecule has 0 bridgehead atoms. The molecule has 2 aliphatic heterocycles. The minimum atomic E-state index is -0.836. The Hall–Kier alpha value is -1.29. The third-order valence-electron chi connectivity index (χ3n) is 4.53. The summed E-state index contributed by atoms with van der Waals surface area (Å²) in [6.07, 6.45) is 2.52. The highest BCUT2D eigenvalue weighted by atomic mass is 79.9. The van der Waals surface area contributed by atoms with E-state index in [-0.39, 0.29) is 0 Å². The van der Waals surface area contributed by atoms with Crippen LogP contribution < -0.4 is 13.9 Å². The van der Waals surface area contributed by atoms with Crippen molar-refractivity contribution in [2.45, 2.75) is 18.9 Å². The number of fused-ring (bicyclic) bond motifs is 1. The van der Waals surface area contributed by atoms with Crippen LogP contribution in [0, 0.1) is 0 Å². The van der Waals surface area contributed by atoms with Crippen molar-refractivity contribution in [2.24, 2.45) is 0 Å². The zero-order valence-corrected chi connectivity index (χ0v) is 16.0. The van der Waals surface area contributed by atoms with Crippen molar-refractivity contribution in [1.29, 1.82) is 0 Å². The molecule has 2 aromatic rings. The molecule has 0 aliphatic carbocycles. The van der Waals surface area contributed by atoms with Crippen LogP contribution in [0.5, 0.6) is 11.5 Å². The van der Waals surface area contributed by atoms with Crippen LogP contribution in [0.3, 0.4) is 0 Å². The van der Waals surface area contributed by atoms with E-state index in [1.165, 1.54) is 18.5 Å². The molecule has 0 unspecified atom stereocenters. The Bertz CT molecular complexity index is 715. The molecule has 126 valence electrons. The minimum Gasteiger partial charge on any atom is -0.497 e. The summed E-state index contributed by atoms with van der Waals surface area (Å²) >= 11 is 3.61. The van der Waals surface area contributed by atoms with E-state index < -0.39 is 8.45 Å². The molecule has 0 spiro atoms. The zero-order chi connectivity index (χ0) is 16.5. The van der Waals surface area contributed by atoms with E-state index in [0.717, 1.165) is 29.1 Å². The first-order valence-electron chi connectivity index (χ1n) is 8.17. The highest BCUT2D eigenvalue weighted by molar-refractivity contribution is 9.10. The minimum absolute atomic E-state index is 0.605. The summed E-state index contributed by atoms with van der Waals surface area (Å²) < 4.78 is 17.7. The number of anilines is 1. The molecule has 0 saturated carbocycles. The van der Waals surface area contributed by atoms with Gasteiger partial charge in [0, 0.05) is 24.8 Å². The average Bonchev–Trinajstić information content (AvgIpc) is 3.20. The second-order valence-electron chi connectivity index (χ2n) is 6.02. The Labute approximate surface area is 152 Å². The topological polar surface area (TPSA) is 24.9 Å². The maximum atomic E-state index is 6.50. The maximum absolute atomic E-state index is 6.50. The van der Waals surface area contributed by atoms with Crippen molar-refractivity contribution < 1.29 is 9.26 Å². The molecule has 6 heteroatoms. The second-order valence-corrected chi connectivity index (χ2v) is 8.56. The molecule has 2 fully saturated rings. The summed E-state index contributed by atoms with van der Waals surface area (Å²) in [6.45, 7) is 2.16. The van der Waals surface area contributed by atoms with Gasteiger partial charge in [-0.25, -0.2) is 4.67 Å². The second kappa shape index (κ2) is 6.91. The fourth-order valence-electron chi connectivity index (χ4n) is 3.32. The van der Waals surface area contributed by atoms with E-state index in [9.17, 15) is 0 Å². The molecule has 4 nitrogen and oxygen atoms in total. The Balaban J connectivity index is 1.63. The fraction of sp³-hybridized carbons (Fsp3) is 0.333. The smallest absolute Gasteiger partial charge is 0.279 e. The Morgan fingerprint density at radius 2 is 2.00 bits per heavy atom. The number of hydrogen-bond donors (Lipinski definition) is 0. The first-order chi connectivity index (χ1) is 11.8. The van der Waals surface area contributed by atoms with Gasteiger partial charge in [-0.1, -0.05) is 18.2 Å². The van der Waals surface area contributed by atoms with Gasteiger partial charge in [-0.15, -0.1) is 0 Å². The van der Waals surface area contributed by atoms with Crippen LogP contribution in [0.4, 0.5) is 5.69 Å². The summed E-state index contributed by atoms with van der Waals surface area (Å²) in [7, 11) is 0.840. The predicted octanol–water partition coefficient (Wildman–Crippen LogP) is 5.05. The number of methoxy groups -OCH3 is 1. The zero-order valence-electron chi connectivity index (χ0n) is 13.6. The molecule has 2 aliphatic rings. The number of ether oxygens (including phenoxy) is 1. The van der Waals surface area contributed by atoms with Crippen LogP contribution in [-0.2, 0) is 0 Å². The van der Waals surface area contributed by atoms with Gasteiger partial charge in [0.2, 0.25) is 0 Å². The third-order valence-corrected chi connectivity index (χ3v) is 7.28. The van der Waals surface area contributed by atoms with Gasteiger partial charge in [0.25, 0.3) is 8.45 Å². The molecule has 2 atom stereocenters. The lowest BCUT2D eigenvalue weighted by Crippen LogP contribution is -2.20. The monoisotopic (exact) mass is 406 g/mol. The Morgan fingerprint density at radius 3 is 2.75 bits per heavy atom. The van der Waals surface area contributed by atoms with Gasteiger partial charge in [-0.2, -0.15) is 0 Å². The molecular formula is C18H20BrN2O2P. The molecule has 2 heterocycles. The highest BCUT2D eigenvalue weighted by Crippen LogP contribution is 2.57. The lowest BCUT2D eigenvalue weighted by molar-refractivity contribution is 0.412. The van der Waals surface area contributed by atoms with E-state index in [1.807, 2.05) is 18.2 Å². The van der Waals surface area contributed by atoms with Crippen molar-refractivity contribution in [2.75, 3.05) is 24.9 Å². The van der Waals surface area contributed by atoms with E-state index in [1.54, 1.807) is 7.11 Å². The quantitative estimate of drug-likeness (QED) is 0.663. The Kier molecular flexibility index (Phi) is 4.66. The van der Waals surface area contributed by atoms with Crippen molar-refractivity contribution in [3.8, 4) is 11.5 Å². The molecule has 0 amide bonds. The van der Waals surface area contributed by atoms with E-state index in [4.69, 9.17) is 9.26 Å². The van der Waals surface area contributed by atoms with Crippen molar-refractivity contribution >= 4 is 30.1 Å². The molecule has 24 heavy (non-hydrogen) atoms. The van der Waals surface area contributed by atoms with Crippen LogP contribution >= 0.6 is 24.4 Å². The van der Waals surface area contributed by atoms with Gasteiger partial charge in [0.1, 0.15) is 11.5 Å². The summed E-state index contributed by atoms with van der Waals surface area (Å²) in [5.74, 6) is 1.70. The molecular weight excluding hydrogens is 387 g/mol. The summed E-state index contributed by atoms with van der Waals surface area (Å²) in [6, 6.07) is 17.1. The standard InChI is InChI=1S/C18H20BrN2O2P/c1-22-16-9-10-18(17(19)12-16)23-24-20-11-5-8-15(20)13-21(24)14-6-3-2-4-7-14/h2-4,6-7,9-10,12,15H,5,8,11,13H2,1H3/t15-,24-/m0/s1. The normalized spacial score (nSPS) is 23.3. The van der Waals surface area contributed by atoms with Crippen LogP contribution in [0.25, 0.3) is 0 Å². The molecule has 2 aromatic carbocycles. The lowest BCUT2D eigenvalue weighted by atomic mass is 10.2. The number of halogens is 1. The molecule has 0 aromatic heterocycles. The van der Waals surface area contributed by atoms with Crippen molar-refractivity contribution in [3.63, 3.8) is 0 Å². The van der Waals surface area contributed by atoms with Gasteiger partial charge in [-0.05, 0) is 59.1 Å². The van der Waals surface area contributed by atoms with E-state index in [0.29, 0.717) is 6.04 Å². The first-order valence-corrected chi connectivity index (χ1v) is 10.1. The largest absolute Gasteiger partial charge is 0.497 e. The number of para-hydroxylation sites is 1. The number of rotatable bonds is 4. The van der Waals surface area contributed by atoms with Gasteiger partial charge < -0.3 is 13.9 Å². The summed E-state index contributed by atoms with van der Waals surface area (Å²) in [4.78, 5) is 0. The predicted molar refractivity (Wildman–Crippen MR) is 102 cm³/mol. The molecule has 2 saturated heterocycles. The van der Waals surface area contributed by atoms with Crippen molar-refractivity contribution in [1.82, 2.24) is 4.67 Å². The highest BCUT2D eigenvalue weighted by Gasteiger charge is 2.45. The van der Waals surface area contributed by atoms with Crippen LogP contribution in [-0.4, -0.2) is 30.9 Å². The molecule has 0 N–H and O–H groups in total. The summed E-state index contributed by atoms with van der Waals surface area (Å²) in [5, 5.41) is 0. The van der Waals surface area contributed by atoms with Gasteiger partial charge in [0.15, 0.2) is 0 Å². The number of nitrogens with zero attached hydrogens (tertiary/aromatic N) is 2. The van der Waals surface area contributed by atoms with Crippen molar-refractivity contribution in [3.05, 3.63) is 53.0 Å².